The number of rotatable bonds is 1. The van der Waals surface area contributed by atoms with Crippen molar-refractivity contribution >= 4 is 10.7 Å². The first-order chi connectivity index (χ1) is 7.53. The van der Waals surface area contributed by atoms with E-state index in [-0.39, 0.29) is 18.2 Å². The van der Waals surface area contributed by atoms with Crippen LogP contribution in [-0.4, -0.2) is 8.42 Å². The first kappa shape index (κ1) is 13.8. The van der Waals surface area contributed by atoms with Crippen LogP contribution < -0.4 is 0 Å². The summed E-state index contributed by atoms with van der Waals surface area (Å²) < 4.78 is 94.5. The van der Waals surface area contributed by atoms with Gasteiger partial charge in [-0.15, -0.1) is 0 Å². The number of alkyl halides is 6. The number of hydrogen-bond donors (Lipinski definition) is 1. The quantitative estimate of drug-likeness (QED) is 0.633. The van der Waals surface area contributed by atoms with Crippen LogP contribution in [0.5, 0.6) is 0 Å². The second kappa shape index (κ2) is 4.21. The predicted molar refractivity (Wildman–Crippen MR) is 45.0 cm³/mol. The molecule has 1 aromatic rings. The molecule has 0 saturated carbocycles. The van der Waals surface area contributed by atoms with Gasteiger partial charge in [0, 0.05) is 0 Å². The zero-order valence-electron chi connectivity index (χ0n) is 7.76. The highest BCUT2D eigenvalue weighted by molar-refractivity contribution is 7.72. The minimum atomic E-state index is -5.16. The summed E-state index contributed by atoms with van der Waals surface area (Å²) in [5.41, 5.74) is -3.37. The second-order valence-corrected chi connectivity index (χ2v) is 3.98. The van der Waals surface area contributed by atoms with Gasteiger partial charge in [-0.05, 0) is 18.2 Å². The molecule has 0 atom stereocenters. The number of hydrogen-bond acceptors (Lipinski definition) is 2. The number of halogens is 6. The molecule has 1 aromatic carbocycles. The summed E-state index contributed by atoms with van der Waals surface area (Å²) in [6, 6.07) is 0.355. The van der Waals surface area contributed by atoms with Crippen LogP contribution >= 0.6 is 0 Å². The van der Waals surface area contributed by atoms with Crippen LogP contribution in [0.1, 0.15) is 11.1 Å². The Labute approximate surface area is 92.8 Å². The molecule has 0 saturated heterocycles. The Kier molecular flexibility index (Phi) is 3.42. The summed E-state index contributed by atoms with van der Waals surface area (Å²) in [5.74, 6) is 0. The van der Waals surface area contributed by atoms with Gasteiger partial charge in [0.15, 0.2) is 10.7 Å². The molecule has 0 aliphatic heterocycles. The standard InChI is InChI=1S/C8H4F6O2S/c9-7(10,11)4-1-2-6(17(15)16)5(3-4)8(12,13)14/h1-3,17H. The Morgan fingerprint density at radius 2 is 1.41 bits per heavy atom. The van der Waals surface area contributed by atoms with Crippen LogP contribution in [-0.2, 0) is 23.1 Å². The summed E-state index contributed by atoms with van der Waals surface area (Å²) in [6.07, 6.45) is -10.1. The third kappa shape index (κ3) is 3.11. The van der Waals surface area contributed by atoms with Gasteiger partial charge in [-0.25, -0.2) is 8.42 Å². The normalized spacial score (nSPS) is 13.1. The minimum Gasteiger partial charge on any atom is -0.227 e. The molecule has 0 aromatic heterocycles. The van der Waals surface area contributed by atoms with Crippen LogP contribution in [0.3, 0.4) is 0 Å². The van der Waals surface area contributed by atoms with Crippen molar-refractivity contribution in [2.24, 2.45) is 0 Å². The fraction of sp³-hybridized carbons (Fsp3) is 0.250. The molecule has 0 amide bonds. The SMILES string of the molecule is O=[SH](=O)c1ccc(C(F)(F)F)cc1C(F)(F)F. The van der Waals surface area contributed by atoms with E-state index in [1.165, 1.54) is 0 Å². The molecule has 17 heavy (non-hydrogen) atoms. The highest BCUT2D eigenvalue weighted by Gasteiger charge is 2.38. The fourth-order valence-corrected chi connectivity index (χ4v) is 1.68. The Balaban J connectivity index is 3.51. The molecule has 0 N–H and O–H groups in total. The lowest BCUT2D eigenvalue weighted by atomic mass is 10.1. The van der Waals surface area contributed by atoms with Crippen LogP contribution in [0.4, 0.5) is 26.3 Å². The molecule has 0 fully saturated rings. The van der Waals surface area contributed by atoms with Gasteiger partial charge in [0.2, 0.25) is 0 Å². The summed E-state index contributed by atoms with van der Waals surface area (Å²) >= 11 is 0. The largest absolute Gasteiger partial charge is 0.417 e. The fourth-order valence-electron chi connectivity index (χ4n) is 1.10. The summed E-state index contributed by atoms with van der Waals surface area (Å²) in [6.45, 7) is 0. The Morgan fingerprint density at radius 1 is 0.882 bits per heavy atom. The molecular weight excluding hydrogens is 274 g/mol. The summed E-state index contributed by atoms with van der Waals surface area (Å²) in [5, 5.41) is 0. The monoisotopic (exact) mass is 278 g/mol. The first-order valence-corrected chi connectivity index (χ1v) is 5.14. The lowest BCUT2D eigenvalue weighted by Crippen LogP contribution is -2.12. The van der Waals surface area contributed by atoms with Gasteiger partial charge in [0.05, 0.1) is 16.0 Å². The van der Waals surface area contributed by atoms with Crippen molar-refractivity contribution in [2.75, 3.05) is 0 Å². The molecule has 0 bridgehead atoms. The Morgan fingerprint density at radius 3 is 1.76 bits per heavy atom. The van der Waals surface area contributed by atoms with Gasteiger partial charge in [-0.1, -0.05) is 0 Å². The molecule has 96 valence electrons. The van der Waals surface area contributed by atoms with E-state index in [4.69, 9.17) is 0 Å². The van der Waals surface area contributed by atoms with Crippen molar-refractivity contribution in [1.29, 1.82) is 0 Å². The van der Waals surface area contributed by atoms with E-state index in [1.54, 1.807) is 0 Å². The van der Waals surface area contributed by atoms with Crippen molar-refractivity contribution in [3.63, 3.8) is 0 Å². The van der Waals surface area contributed by atoms with Crippen LogP contribution in [0.25, 0.3) is 0 Å². The van der Waals surface area contributed by atoms with Crippen LogP contribution in [0.2, 0.25) is 0 Å². The molecular formula is C8H4F6O2S. The molecule has 0 aliphatic carbocycles. The van der Waals surface area contributed by atoms with E-state index in [0.717, 1.165) is 0 Å². The molecule has 1 rings (SSSR count). The van der Waals surface area contributed by atoms with E-state index in [1.807, 2.05) is 0 Å². The van der Waals surface area contributed by atoms with Gasteiger partial charge in [0.1, 0.15) is 0 Å². The third-order valence-electron chi connectivity index (χ3n) is 1.83. The van der Waals surface area contributed by atoms with Crippen molar-refractivity contribution in [3.8, 4) is 0 Å². The van der Waals surface area contributed by atoms with Crippen molar-refractivity contribution in [1.82, 2.24) is 0 Å². The molecule has 0 radical (unpaired) electrons. The molecule has 2 nitrogen and oxygen atoms in total. The van der Waals surface area contributed by atoms with E-state index >= 15 is 0 Å². The van der Waals surface area contributed by atoms with Gasteiger partial charge >= 0.3 is 12.4 Å². The van der Waals surface area contributed by atoms with E-state index < -0.39 is 39.1 Å². The average molecular weight is 278 g/mol. The van der Waals surface area contributed by atoms with E-state index in [2.05, 4.69) is 0 Å². The van der Waals surface area contributed by atoms with Crippen molar-refractivity contribution in [3.05, 3.63) is 29.3 Å². The Hall–Kier alpha value is -1.25. The maximum absolute atomic E-state index is 12.3. The lowest BCUT2D eigenvalue weighted by Gasteiger charge is -2.12. The molecule has 0 spiro atoms. The highest BCUT2D eigenvalue weighted by Crippen LogP contribution is 2.37. The average Bonchev–Trinajstić information content (AvgIpc) is 2.14. The predicted octanol–water partition coefficient (Wildman–Crippen LogP) is 2.69. The lowest BCUT2D eigenvalue weighted by molar-refractivity contribution is -0.144. The number of thiol groups is 1. The zero-order valence-corrected chi connectivity index (χ0v) is 8.66. The van der Waals surface area contributed by atoms with Gasteiger partial charge in [0.25, 0.3) is 0 Å². The van der Waals surface area contributed by atoms with Crippen LogP contribution in [0, 0.1) is 0 Å². The van der Waals surface area contributed by atoms with Crippen molar-refractivity contribution < 1.29 is 34.8 Å². The minimum absolute atomic E-state index is 0.222. The van der Waals surface area contributed by atoms with E-state index in [9.17, 15) is 34.8 Å². The first-order valence-electron chi connectivity index (χ1n) is 3.96. The maximum Gasteiger partial charge on any atom is 0.417 e. The van der Waals surface area contributed by atoms with Crippen molar-refractivity contribution in [2.45, 2.75) is 17.2 Å². The highest BCUT2D eigenvalue weighted by atomic mass is 32.2. The molecule has 0 heterocycles. The maximum atomic E-state index is 12.3. The topological polar surface area (TPSA) is 34.1 Å². The van der Waals surface area contributed by atoms with Crippen LogP contribution in [0.15, 0.2) is 23.1 Å². The molecule has 0 aliphatic rings. The smallest absolute Gasteiger partial charge is 0.227 e. The molecule has 9 heteroatoms. The van der Waals surface area contributed by atoms with Gasteiger partial charge in [-0.3, -0.25) is 0 Å². The number of benzene rings is 1. The van der Waals surface area contributed by atoms with Gasteiger partial charge in [-0.2, -0.15) is 26.3 Å². The van der Waals surface area contributed by atoms with Gasteiger partial charge < -0.3 is 0 Å². The second-order valence-electron chi connectivity index (χ2n) is 2.98. The Bertz CT molecular complexity index is 492. The van der Waals surface area contributed by atoms with E-state index in [0.29, 0.717) is 0 Å². The zero-order chi connectivity index (χ0) is 13.4. The summed E-state index contributed by atoms with van der Waals surface area (Å²) in [7, 11) is -3.62. The summed E-state index contributed by atoms with van der Waals surface area (Å²) in [4.78, 5) is -1.18. The third-order valence-corrected chi connectivity index (χ3v) is 2.61. The molecule has 0 unspecified atom stereocenters.